The molecule has 10 heteroatoms. The van der Waals surface area contributed by atoms with Gasteiger partial charge < -0.3 is 15.2 Å². The van der Waals surface area contributed by atoms with E-state index >= 15 is 0 Å². The summed E-state index contributed by atoms with van der Waals surface area (Å²) >= 11 is 0. The van der Waals surface area contributed by atoms with Crippen molar-refractivity contribution in [2.45, 2.75) is 6.92 Å². The number of methoxy groups -OCH3 is 1. The number of aromatic nitrogens is 4. The largest absolute Gasteiger partial charge is 0.463 e. The molecular weight excluding hydrogens is 309 g/mol. The Kier molecular flexibility index (Phi) is 7.57. The molecule has 2 N–H and O–H groups in total. The molecule has 0 aliphatic rings. The number of benzene rings is 1. The Morgan fingerprint density at radius 1 is 1.43 bits per heavy atom. The van der Waals surface area contributed by atoms with E-state index in [0.717, 1.165) is 25.8 Å². The normalized spacial score (nSPS) is 10.0. The summed E-state index contributed by atoms with van der Waals surface area (Å²) in [6, 6.07) is 5.01. The molecule has 9 nitrogen and oxygen atoms in total. The Morgan fingerprint density at radius 3 is 2.70 bits per heavy atom. The molecule has 0 spiro atoms. The minimum absolute atomic E-state index is 0.109. The molecule has 0 unspecified atom stereocenters. The SMILES string of the molecule is CCNCCOC.O=C(O)n1nnn(-c2cccc(F)c2)c1=O. The number of hydrogen-bond donors (Lipinski definition) is 2. The highest BCUT2D eigenvalue weighted by molar-refractivity contribution is 5.66. The maximum absolute atomic E-state index is 12.9. The molecule has 1 heterocycles. The third-order valence-electron chi connectivity index (χ3n) is 2.55. The van der Waals surface area contributed by atoms with E-state index in [-0.39, 0.29) is 10.4 Å². The van der Waals surface area contributed by atoms with Gasteiger partial charge in [0, 0.05) is 13.7 Å². The van der Waals surface area contributed by atoms with Crippen LogP contribution >= 0.6 is 0 Å². The summed E-state index contributed by atoms with van der Waals surface area (Å²) in [5, 5.41) is 18.1. The van der Waals surface area contributed by atoms with Crippen LogP contribution in [0, 0.1) is 5.82 Å². The second kappa shape index (κ2) is 9.43. The average molecular weight is 327 g/mol. The summed E-state index contributed by atoms with van der Waals surface area (Å²) in [6.07, 6.45) is -1.55. The van der Waals surface area contributed by atoms with Gasteiger partial charge >= 0.3 is 11.8 Å². The third kappa shape index (κ3) is 5.60. The summed E-state index contributed by atoms with van der Waals surface area (Å²) in [5.74, 6) is -0.561. The van der Waals surface area contributed by atoms with Gasteiger partial charge in [-0.05, 0) is 35.2 Å². The lowest BCUT2D eigenvalue weighted by Gasteiger charge is -1.96. The first-order valence-corrected chi connectivity index (χ1v) is 6.75. The van der Waals surface area contributed by atoms with Crippen molar-refractivity contribution in [3.8, 4) is 5.69 Å². The Morgan fingerprint density at radius 2 is 2.17 bits per heavy atom. The Hall–Kier alpha value is -2.59. The summed E-state index contributed by atoms with van der Waals surface area (Å²) in [5.41, 5.74) is -0.865. The van der Waals surface area contributed by atoms with Crippen LogP contribution in [-0.2, 0) is 4.74 Å². The van der Waals surface area contributed by atoms with Gasteiger partial charge in [0.05, 0.1) is 12.3 Å². The van der Waals surface area contributed by atoms with Gasteiger partial charge in [-0.25, -0.2) is 14.0 Å². The fraction of sp³-hybridized carbons (Fsp3) is 0.385. The number of carbonyl (C=O) groups is 1. The second-order valence-corrected chi connectivity index (χ2v) is 4.19. The number of rotatable bonds is 5. The van der Waals surface area contributed by atoms with Crippen LogP contribution in [0.3, 0.4) is 0 Å². The molecule has 0 aliphatic heterocycles. The highest BCUT2D eigenvalue weighted by atomic mass is 19.1. The van der Waals surface area contributed by atoms with Crippen molar-refractivity contribution in [3.63, 3.8) is 0 Å². The molecule has 2 aromatic rings. The van der Waals surface area contributed by atoms with Crippen LogP contribution in [0.4, 0.5) is 9.18 Å². The summed E-state index contributed by atoms with van der Waals surface area (Å²) in [4.78, 5) is 21.9. The summed E-state index contributed by atoms with van der Waals surface area (Å²) in [6.45, 7) is 4.89. The molecule has 1 aromatic carbocycles. The number of nitrogens with zero attached hydrogens (tertiary/aromatic N) is 4. The minimum Gasteiger partial charge on any atom is -0.463 e. The van der Waals surface area contributed by atoms with E-state index in [9.17, 15) is 14.0 Å². The predicted molar refractivity (Wildman–Crippen MR) is 79.4 cm³/mol. The molecule has 1 aromatic heterocycles. The first kappa shape index (κ1) is 18.5. The summed E-state index contributed by atoms with van der Waals surface area (Å²) in [7, 11) is 1.71. The minimum atomic E-state index is -1.55. The lowest BCUT2D eigenvalue weighted by molar-refractivity contribution is 0.191. The van der Waals surface area contributed by atoms with Gasteiger partial charge in [-0.3, -0.25) is 0 Å². The van der Waals surface area contributed by atoms with Crippen molar-refractivity contribution in [2.24, 2.45) is 0 Å². The molecule has 23 heavy (non-hydrogen) atoms. The molecule has 0 atom stereocenters. The van der Waals surface area contributed by atoms with Crippen LogP contribution < -0.4 is 11.0 Å². The van der Waals surface area contributed by atoms with Crippen LogP contribution in [-0.4, -0.2) is 57.8 Å². The number of tetrazole rings is 1. The van der Waals surface area contributed by atoms with Crippen molar-refractivity contribution in [1.29, 1.82) is 0 Å². The van der Waals surface area contributed by atoms with Crippen molar-refractivity contribution in [1.82, 2.24) is 25.1 Å². The molecule has 0 radical (unpaired) electrons. The third-order valence-corrected chi connectivity index (χ3v) is 2.55. The van der Waals surface area contributed by atoms with Crippen molar-refractivity contribution in [2.75, 3.05) is 26.8 Å². The number of halogens is 1. The Labute approximate surface area is 131 Å². The van der Waals surface area contributed by atoms with Crippen LogP contribution in [0.25, 0.3) is 5.69 Å². The van der Waals surface area contributed by atoms with Gasteiger partial charge in [-0.2, -0.15) is 4.68 Å². The van der Waals surface area contributed by atoms with Gasteiger partial charge in [0.15, 0.2) is 0 Å². The Bertz CT molecular complexity index is 681. The number of ether oxygens (including phenoxy) is 1. The highest BCUT2D eigenvalue weighted by Crippen LogP contribution is 2.05. The van der Waals surface area contributed by atoms with E-state index in [2.05, 4.69) is 22.7 Å². The van der Waals surface area contributed by atoms with E-state index in [1.54, 1.807) is 7.11 Å². The molecule has 0 aliphatic carbocycles. The van der Waals surface area contributed by atoms with Crippen LogP contribution in [0.5, 0.6) is 0 Å². The van der Waals surface area contributed by atoms with Crippen molar-refractivity contribution >= 4 is 6.09 Å². The zero-order valence-electron chi connectivity index (χ0n) is 12.8. The quantitative estimate of drug-likeness (QED) is 0.601. The molecular formula is C13H18FN5O4. The van der Waals surface area contributed by atoms with E-state index in [4.69, 9.17) is 9.84 Å². The fourth-order valence-corrected chi connectivity index (χ4v) is 1.49. The van der Waals surface area contributed by atoms with Gasteiger partial charge in [0.2, 0.25) is 0 Å². The van der Waals surface area contributed by atoms with Crippen LogP contribution in [0.2, 0.25) is 0 Å². The number of likely N-dealkylation sites (N-methyl/N-ethyl adjacent to an activating group) is 1. The number of hydrogen-bond acceptors (Lipinski definition) is 6. The second-order valence-electron chi connectivity index (χ2n) is 4.19. The first-order chi connectivity index (χ1) is 11.0. The monoisotopic (exact) mass is 327 g/mol. The standard InChI is InChI=1S/C8H5FN4O3.C5H13NO/c9-5-2-1-3-6(4-5)12-7(14)13(8(15)16)11-10-12;1-3-6-4-5-7-2/h1-4H,(H,15,16);6H,3-5H2,1-2H3. The topological polar surface area (TPSA) is 111 Å². The smallest absolute Gasteiger partial charge is 0.438 e. The van der Waals surface area contributed by atoms with E-state index in [0.29, 0.717) is 4.68 Å². The maximum Gasteiger partial charge on any atom is 0.438 e. The molecule has 0 bridgehead atoms. The highest BCUT2D eigenvalue weighted by Gasteiger charge is 2.13. The van der Waals surface area contributed by atoms with E-state index in [1.165, 1.54) is 18.2 Å². The maximum atomic E-state index is 12.9. The molecule has 126 valence electrons. The zero-order valence-corrected chi connectivity index (χ0v) is 12.8. The molecule has 0 saturated heterocycles. The van der Waals surface area contributed by atoms with Gasteiger partial charge in [0.1, 0.15) is 5.82 Å². The Balaban J connectivity index is 0.000000322. The van der Waals surface area contributed by atoms with E-state index in [1.807, 2.05) is 0 Å². The van der Waals surface area contributed by atoms with Crippen molar-refractivity contribution < 1.29 is 19.0 Å². The summed E-state index contributed by atoms with van der Waals surface area (Å²) < 4.78 is 18.5. The van der Waals surface area contributed by atoms with Gasteiger partial charge in [-0.1, -0.05) is 17.7 Å². The number of carboxylic acid groups (broad SMARTS) is 1. The lowest BCUT2D eigenvalue weighted by Crippen LogP contribution is -2.28. The average Bonchev–Trinajstić information content (AvgIpc) is 2.90. The molecule has 2 rings (SSSR count). The molecule has 0 amide bonds. The van der Waals surface area contributed by atoms with Crippen LogP contribution in [0.1, 0.15) is 6.92 Å². The first-order valence-electron chi connectivity index (χ1n) is 6.75. The van der Waals surface area contributed by atoms with Gasteiger partial charge in [0.25, 0.3) is 0 Å². The lowest BCUT2D eigenvalue weighted by atomic mass is 10.3. The fourth-order valence-electron chi connectivity index (χ4n) is 1.49. The predicted octanol–water partition coefficient (Wildman–Crippen LogP) is 0.337. The number of nitrogens with one attached hydrogen (secondary N) is 1. The van der Waals surface area contributed by atoms with Crippen molar-refractivity contribution in [3.05, 3.63) is 40.6 Å². The molecule has 0 saturated carbocycles. The van der Waals surface area contributed by atoms with E-state index < -0.39 is 17.6 Å². The molecule has 0 fully saturated rings. The van der Waals surface area contributed by atoms with Crippen LogP contribution in [0.15, 0.2) is 29.1 Å². The van der Waals surface area contributed by atoms with Gasteiger partial charge in [-0.15, -0.1) is 0 Å². The zero-order chi connectivity index (χ0) is 17.2.